The molecule has 1 N–H and O–H groups in total. The normalized spacial score (nSPS) is 10.4. The first kappa shape index (κ1) is 17.4. The molecule has 0 bridgehead atoms. The Morgan fingerprint density at radius 1 is 1.38 bits per heavy atom. The van der Waals surface area contributed by atoms with Crippen molar-refractivity contribution in [3.63, 3.8) is 0 Å². The zero-order chi connectivity index (χ0) is 17.9. The molecule has 0 spiro atoms. The van der Waals surface area contributed by atoms with Crippen molar-refractivity contribution in [1.82, 2.24) is 4.57 Å². The van der Waals surface area contributed by atoms with Crippen molar-refractivity contribution < 1.29 is 14.6 Å². The average Bonchev–Trinajstić information content (AvgIpc) is 2.55. The van der Waals surface area contributed by atoms with Crippen LogP contribution in [0.25, 0.3) is 0 Å². The second-order valence-corrected chi connectivity index (χ2v) is 5.46. The summed E-state index contributed by atoms with van der Waals surface area (Å²) in [5.41, 5.74) is 0.638. The SMILES string of the molecule is COCCn1c(O)c(C(=O)c2cccc(C)c2)c(C)c(C#N)c1=O. The maximum Gasteiger partial charge on any atom is 0.271 e. The van der Waals surface area contributed by atoms with Crippen LogP contribution >= 0.6 is 0 Å². The number of nitriles is 1. The van der Waals surface area contributed by atoms with Gasteiger partial charge >= 0.3 is 0 Å². The second kappa shape index (κ2) is 7.11. The molecule has 1 aromatic carbocycles. The molecule has 0 aliphatic heterocycles. The molecule has 2 rings (SSSR count). The van der Waals surface area contributed by atoms with Crippen LogP contribution in [0.15, 0.2) is 29.1 Å². The van der Waals surface area contributed by atoms with E-state index in [4.69, 9.17) is 4.74 Å². The van der Waals surface area contributed by atoms with Gasteiger partial charge in [-0.2, -0.15) is 5.26 Å². The van der Waals surface area contributed by atoms with Gasteiger partial charge < -0.3 is 9.84 Å². The van der Waals surface area contributed by atoms with Crippen molar-refractivity contribution in [3.8, 4) is 11.9 Å². The number of aromatic hydroxyl groups is 1. The highest BCUT2D eigenvalue weighted by Crippen LogP contribution is 2.25. The summed E-state index contributed by atoms with van der Waals surface area (Å²) in [4.78, 5) is 25.2. The standard InChI is InChI=1S/C18H18N2O4/c1-11-5-4-6-13(9-11)16(21)15-12(2)14(10-19)17(22)20(18(15)23)7-8-24-3/h4-6,9,23H,7-8H2,1-3H3. The number of ketones is 1. The number of carbonyl (C=O) groups is 1. The third-order valence-electron chi connectivity index (χ3n) is 3.83. The number of nitrogens with zero attached hydrogens (tertiary/aromatic N) is 2. The lowest BCUT2D eigenvalue weighted by atomic mass is 9.96. The summed E-state index contributed by atoms with van der Waals surface area (Å²) in [7, 11) is 1.46. The highest BCUT2D eigenvalue weighted by Gasteiger charge is 2.24. The van der Waals surface area contributed by atoms with Crippen LogP contribution in [0, 0.1) is 25.2 Å². The van der Waals surface area contributed by atoms with Crippen LogP contribution < -0.4 is 5.56 Å². The summed E-state index contributed by atoms with van der Waals surface area (Å²) in [6, 6.07) is 8.74. The Hall–Kier alpha value is -2.91. The maximum atomic E-state index is 12.8. The molecular weight excluding hydrogens is 308 g/mol. The second-order valence-electron chi connectivity index (χ2n) is 5.46. The molecule has 0 aliphatic rings. The van der Waals surface area contributed by atoms with Crippen LogP contribution in [0.4, 0.5) is 0 Å². The molecule has 6 nitrogen and oxygen atoms in total. The summed E-state index contributed by atoms with van der Waals surface area (Å²) in [5.74, 6) is -0.878. The number of hydrogen-bond acceptors (Lipinski definition) is 5. The lowest BCUT2D eigenvalue weighted by Gasteiger charge is -2.15. The monoisotopic (exact) mass is 326 g/mol. The van der Waals surface area contributed by atoms with Gasteiger partial charge in [0.25, 0.3) is 5.56 Å². The van der Waals surface area contributed by atoms with E-state index in [1.807, 2.05) is 19.1 Å². The van der Waals surface area contributed by atoms with Gasteiger partial charge in [-0.25, -0.2) is 0 Å². The Labute approximate surface area is 139 Å². The molecule has 2 aromatic rings. The fraction of sp³-hybridized carbons (Fsp3) is 0.278. The number of aryl methyl sites for hydroxylation is 1. The summed E-state index contributed by atoms with van der Waals surface area (Å²) >= 11 is 0. The largest absolute Gasteiger partial charge is 0.494 e. The van der Waals surface area contributed by atoms with Gasteiger partial charge in [0.15, 0.2) is 5.78 Å². The van der Waals surface area contributed by atoms with Crippen molar-refractivity contribution in [1.29, 1.82) is 5.26 Å². The number of carbonyl (C=O) groups excluding carboxylic acids is 1. The molecule has 1 aromatic heterocycles. The molecule has 1 heterocycles. The van der Waals surface area contributed by atoms with E-state index in [0.717, 1.165) is 10.1 Å². The molecule has 0 fully saturated rings. The van der Waals surface area contributed by atoms with Crippen LogP contribution in [-0.2, 0) is 11.3 Å². The van der Waals surface area contributed by atoms with Crippen LogP contribution in [0.1, 0.15) is 32.6 Å². The van der Waals surface area contributed by atoms with E-state index in [1.54, 1.807) is 18.2 Å². The first-order valence-corrected chi connectivity index (χ1v) is 7.39. The predicted molar refractivity (Wildman–Crippen MR) is 88.3 cm³/mol. The first-order chi connectivity index (χ1) is 11.4. The molecule has 0 radical (unpaired) electrons. The quantitative estimate of drug-likeness (QED) is 0.847. The molecule has 0 atom stereocenters. The topological polar surface area (TPSA) is 92.3 Å². The van der Waals surface area contributed by atoms with E-state index >= 15 is 0 Å². The van der Waals surface area contributed by atoms with E-state index in [2.05, 4.69) is 0 Å². The average molecular weight is 326 g/mol. The highest BCUT2D eigenvalue weighted by molar-refractivity contribution is 6.11. The van der Waals surface area contributed by atoms with Crippen molar-refractivity contribution in [2.24, 2.45) is 0 Å². The third kappa shape index (κ3) is 3.07. The van der Waals surface area contributed by atoms with Crippen molar-refractivity contribution in [2.45, 2.75) is 20.4 Å². The Morgan fingerprint density at radius 3 is 2.67 bits per heavy atom. The van der Waals surface area contributed by atoms with Crippen LogP contribution in [0.2, 0.25) is 0 Å². The van der Waals surface area contributed by atoms with Crippen LogP contribution in [0.5, 0.6) is 5.88 Å². The zero-order valence-electron chi connectivity index (χ0n) is 13.8. The Balaban J connectivity index is 2.71. The van der Waals surface area contributed by atoms with Gasteiger partial charge in [0.05, 0.1) is 18.7 Å². The summed E-state index contributed by atoms with van der Waals surface area (Å²) in [5, 5.41) is 19.7. The molecule has 124 valence electrons. The zero-order valence-corrected chi connectivity index (χ0v) is 13.8. The third-order valence-corrected chi connectivity index (χ3v) is 3.83. The highest BCUT2D eigenvalue weighted by atomic mass is 16.5. The van der Waals surface area contributed by atoms with Crippen LogP contribution in [0.3, 0.4) is 0 Å². The summed E-state index contributed by atoms with van der Waals surface area (Å²) in [6.07, 6.45) is 0. The van der Waals surface area contributed by atoms with Gasteiger partial charge in [0, 0.05) is 12.7 Å². The molecule has 0 saturated carbocycles. The fourth-order valence-corrected chi connectivity index (χ4v) is 2.54. The minimum Gasteiger partial charge on any atom is -0.494 e. The number of hydrogen-bond donors (Lipinski definition) is 1. The summed E-state index contributed by atoms with van der Waals surface area (Å²) in [6.45, 7) is 3.55. The number of pyridine rings is 1. The number of methoxy groups -OCH3 is 1. The Bertz CT molecular complexity index is 891. The smallest absolute Gasteiger partial charge is 0.271 e. The molecule has 0 amide bonds. The number of aromatic nitrogens is 1. The van der Waals surface area contributed by atoms with Crippen molar-refractivity contribution >= 4 is 5.78 Å². The molecule has 24 heavy (non-hydrogen) atoms. The van der Waals surface area contributed by atoms with Gasteiger partial charge in [-0.15, -0.1) is 0 Å². The lowest BCUT2D eigenvalue weighted by molar-refractivity contribution is 0.103. The van der Waals surface area contributed by atoms with Gasteiger partial charge in [-0.3, -0.25) is 14.2 Å². The van der Waals surface area contributed by atoms with E-state index in [-0.39, 0.29) is 29.8 Å². The first-order valence-electron chi connectivity index (χ1n) is 7.39. The number of benzene rings is 1. The van der Waals surface area contributed by atoms with E-state index < -0.39 is 17.2 Å². The van der Waals surface area contributed by atoms with Crippen molar-refractivity contribution in [2.75, 3.05) is 13.7 Å². The van der Waals surface area contributed by atoms with Gasteiger partial charge in [-0.1, -0.05) is 23.8 Å². The maximum absolute atomic E-state index is 12.8. The van der Waals surface area contributed by atoms with Gasteiger partial charge in [-0.05, 0) is 25.5 Å². The minimum absolute atomic E-state index is 0.0344. The minimum atomic E-state index is -0.634. The van der Waals surface area contributed by atoms with E-state index in [0.29, 0.717) is 5.56 Å². The molecule has 0 unspecified atom stereocenters. The summed E-state index contributed by atoms with van der Waals surface area (Å²) < 4.78 is 5.92. The number of rotatable bonds is 5. The predicted octanol–water partition coefficient (Wildman–Crippen LogP) is 1.92. The molecular formula is C18H18N2O4. The molecule has 0 aliphatic carbocycles. The number of ether oxygens (including phenoxy) is 1. The van der Waals surface area contributed by atoms with Gasteiger partial charge in [0.2, 0.25) is 5.88 Å². The van der Waals surface area contributed by atoms with E-state index in [1.165, 1.54) is 14.0 Å². The van der Waals surface area contributed by atoms with E-state index in [9.17, 15) is 20.0 Å². The fourth-order valence-electron chi connectivity index (χ4n) is 2.54. The Morgan fingerprint density at radius 2 is 2.08 bits per heavy atom. The van der Waals surface area contributed by atoms with Crippen LogP contribution in [-0.4, -0.2) is 29.2 Å². The molecule has 6 heteroatoms. The molecule has 0 saturated heterocycles. The van der Waals surface area contributed by atoms with Gasteiger partial charge in [0.1, 0.15) is 11.6 Å². The lowest BCUT2D eigenvalue weighted by Crippen LogP contribution is -2.28. The van der Waals surface area contributed by atoms with Crippen molar-refractivity contribution in [3.05, 3.63) is 62.4 Å². The Kier molecular flexibility index (Phi) is 5.17.